The molecule has 102 valence electrons. The lowest BCUT2D eigenvalue weighted by Gasteiger charge is -2.19. The monoisotopic (exact) mass is 261 g/mol. The minimum atomic E-state index is -0.733. The average molecular weight is 261 g/mol. The van der Waals surface area contributed by atoms with E-state index in [0.717, 1.165) is 31.4 Å². The van der Waals surface area contributed by atoms with E-state index in [1.807, 2.05) is 6.07 Å². The molecular formula is C15H19NO3. The van der Waals surface area contributed by atoms with Gasteiger partial charge in [-0.1, -0.05) is 6.07 Å². The minimum Gasteiger partial charge on any atom is -0.497 e. The van der Waals surface area contributed by atoms with Gasteiger partial charge in [-0.15, -0.1) is 0 Å². The maximum absolute atomic E-state index is 11.2. The van der Waals surface area contributed by atoms with Crippen molar-refractivity contribution in [3.05, 3.63) is 29.3 Å². The zero-order valence-corrected chi connectivity index (χ0v) is 11.1. The second-order valence-electron chi connectivity index (χ2n) is 5.49. The summed E-state index contributed by atoms with van der Waals surface area (Å²) in [7, 11) is 1.68. The molecule has 0 bridgehead atoms. The van der Waals surface area contributed by atoms with Gasteiger partial charge in [0, 0.05) is 6.04 Å². The van der Waals surface area contributed by atoms with Gasteiger partial charge in [0.25, 0.3) is 0 Å². The lowest BCUT2D eigenvalue weighted by Crippen LogP contribution is -2.32. The maximum Gasteiger partial charge on any atom is 0.320 e. The molecule has 1 aliphatic carbocycles. The summed E-state index contributed by atoms with van der Waals surface area (Å²) in [6, 6.07) is 5.94. The molecule has 0 radical (unpaired) electrons. The predicted molar refractivity (Wildman–Crippen MR) is 71.3 cm³/mol. The van der Waals surface area contributed by atoms with Crippen LogP contribution in [0.2, 0.25) is 0 Å². The van der Waals surface area contributed by atoms with E-state index in [0.29, 0.717) is 5.92 Å². The highest BCUT2D eigenvalue weighted by Crippen LogP contribution is 2.41. The van der Waals surface area contributed by atoms with E-state index in [1.54, 1.807) is 7.11 Å². The summed E-state index contributed by atoms with van der Waals surface area (Å²) >= 11 is 0. The van der Waals surface area contributed by atoms with Gasteiger partial charge in [0.1, 0.15) is 11.8 Å². The number of methoxy groups -OCH3 is 1. The molecule has 1 aliphatic heterocycles. The Labute approximate surface area is 112 Å². The van der Waals surface area contributed by atoms with Crippen molar-refractivity contribution >= 4 is 5.97 Å². The van der Waals surface area contributed by atoms with Crippen molar-refractivity contribution in [3.8, 4) is 5.75 Å². The Balaban J connectivity index is 1.94. The Bertz CT molecular complexity index is 500. The molecule has 4 heteroatoms. The van der Waals surface area contributed by atoms with Gasteiger partial charge in [-0.2, -0.15) is 0 Å². The SMILES string of the molecule is COc1ccc2c(c1)CCC[C@@H]1C[C@@H](C(=O)O)N[C@H]21. The van der Waals surface area contributed by atoms with Crippen molar-refractivity contribution in [2.75, 3.05) is 7.11 Å². The molecule has 1 aromatic rings. The highest BCUT2D eigenvalue weighted by molar-refractivity contribution is 5.74. The fraction of sp³-hybridized carbons (Fsp3) is 0.533. The van der Waals surface area contributed by atoms with Crippen LogP contribution in [-0.4, -0.2) is 24.2 Å². The lowest BCUT2D eigenvalue weighted by atomic mass is 9.91. The molecule has 1 heterocycles. The molecule has 1 aromatic carbocycles. The van der Waals surface area contributed by atoms with E-state index >= 15 is 0 Å². The maximum atomic E-state index is 11.2. The van der Waals surface area contributed by atoms with Crippen molar-refractivity contribution < 1.29 is 14.6 Å². The van der Waals surface area contributed by atoms with Crippen molar-refractivity contribution in [1.82, 2.24) is 5.32 Å². The molecule has 2 N–H and O–H groups in total. The van der Waals surface area contributed by atoms with E-state index in [1.165, 1.54) is 11.1 Å². The number of carboxylic acid groups (broad SMARTS) is 1. The Morgan fingerprint density at radius 1 is 1.47 bits per heavy atom. The van der Waals surface area contributed by atoms with Crippen LogP contribution < -0.4 is 10.1 Å². The molecule has 0 saturated carbocycles. The molecule has 0 aromatic heterocycles. The third-order valence-corrected chi connectivity index (χ3v) is 4.39. The first-order valence-electron chi connectivity index (χ1n) is 6.84. The number of ether oxygens (including phenoxy) is 1. The van der Waals surface area contributed by atoms with Crippen LogP contribution in [-0.2, 0) is 11.2 Å². The van der Waals surface area contributed by atoms with Crippen LogP contribution in [0.15, 0.2) is 18.2 Å². The molecule has 19 heavy (non-hydrogen) atoms. The predicted octanol–water partition coefficient (Wildman–Crippen LogP) is 2.14. The summed E-state index contributed by atoms with van der Waals surface area (Å²) in [4.78, 5) is 11.2. The van der Waals surface area contributed by atoms with E-state index < -0.39 is 12.0 Å². The van der Waals surface area contributed by atoms with Crippen LogP contribution in [0.25, 0.3) is 0 Å². The van der Waals surface area contributed by atoms with Gasteiger partial charge in [0.15, 0.2) is 0 Å². The lowest BCUT2D eigenvalue weighted by molar-refractivity contribution is -0.139. The number of carbonyl (C=O) groups is 1. The Kier molecular flexibility index (Phi) is 3.19. The van der Waals surface area contributed by atoms with Crippen LogP contribution in [0, 0.1) is 5.92 Å². The van der Waals surface area contributed by atoms with Crippen LogP contribution in [0.1, 0.15) is 36.4 Å². The number of aliphatic carboxylic acids is 1. The zero-order chi connectivity index (χ0) is 13.4. The molecule has 4 nitrogen and oxygen atoms in total. The zero-order valence-electron chi connectivity index (χ0n) is 11.1. The third kappa shape index (κ3) is 2.21. The summed E-state index contributed by atoms with van der Waals surface area (Å²) in [5, 5.41) is 12.5. The molecule has 0 unspecified atom stereocenters. The van der Waals surface area contributed by atoms with Gasteiger partial charge in [0.05, 0.1) is 7.11 Å². The second kappa shape index (κ2) is 4.85. The first-order chi connectivity index (χ1) is 9.19. The molecule has 0 amide bonds. The van der Waals surface area contributed by atoms with Crippen molar-refractivity contribution in [3.63, 3.8) is 0 Å². The standard InChI is InChI=1S/C15H19NO3/c1-19-11-5-6-12-9(7-11)3-2-4-10-8-13(15(17)18)16-14(10)12/h5-7,10,13-14,16H,2-4,8H2,1H3,(H,17,18)/t10-,13+,14+/m1/s1. The molecule has 1 saturated heterocycles. The van der Waals surface area contributed by atoms with Gasteiger partial charge in [0.2, 0.25) is 0 Å². The fourth-order valence-electron chi connectivity index (χ4n) is 3.44. The Morgan fingerprint density at radius 2 is 2.32 bits per heavy atom. The van der Waals surface area contributed by atoms with Crippen LogP contribution in [0.4, 0.5) is 0 Å². The van der Waals surface area contributed by atoms with E-state index in [4.69, 9.17) is 4.74 Å². The molecule has 3 rings (SSSR count). The Morgan fingerprint density at radius 3 is 3.05 bits per heavy atom. The number of fused-ring (bicyclic) bond motifs is 3. The number of benzene rings is 1. The number of aryl methyl sites for hydroxylation is 1. The summed E-state index contributed by atoms with van der Waals surface area (Å²) in [5.41, 5.74) is 2.55. The molecule has 0 spiro atoms. The van der Waals surface area contributed by atoms with E-state index in [9.17, 15) is 9.90 Å². The van der Waals surface area contributed by atoms with Crippen LogP contribution in [0.3, 0.4) is 0 Å². The number of carboxylic acids is 1. The number of hydrogen-bond donors (Lipinski definition) is 2. The second-order valence-corrected chi connectivity index (χ2v) is 5.49. The highest BCUT2D eigenvalue weighted by Gasteiger charge is 2.39. The summed E-state index contributed by atoms with van der Waals surface area (Å²) in [5.74, 6) is 0.587. The number of rotatable bonds is 2. The largest absolute Gasteiger partial charge is 0.497 e. The molecular weight excluding hydrogens is 242 g/mol. The van der Waals surface area contributed by atoms with E-state index in [-0.39, 0.29) is 6.04 Å². The van der Waals surface area contributed by atoms with Crippen molar-refractivity contribution in [2.24, 2.45) is 5.92 Å². The van der Waals surface area contributed by atoms with Crippen molar-refractivity contribution in [2.45, 2.75) is 37.8 Å². The molecule has 2 aliphatic rings. The quantitative estimate of drug-likeness (QED) is 0.856. The van der Waals surface area contributed by atoms with E-state index in [2.05, 4.69) is 17.4 Å². The first kappa shape index (κ1) is 12.5. The number of nitrogens with one attached hydrogen (secondary N) is 1. The van der Waals surface area contributed by atoms with Crippen molar-refractivity contribution in [1.29, 1.82) is 0 Å². The highest BCUT2D eigenvalue weighted by atomic mass is 16.5. The van der Waals surface area contributed by atoms with Crippen LogP contribution in [0.5, 0.6) is 5.75 Å². The summed E-state index contributed by atoms with van der Waals surface area (Å²) in [6.07, 6.45) is 4.01. The van der Waals surface area contributed by atoms with Crippen LogP contribution >= 0.6 is 0 Å². The van der Waals surface area contributed by atoms with Gasteiger partial charge < -0.3 is 9.84 Å². The van der Waals surface area contributed by atoms with Gasteiger partial charge in [-0.05, 0) is 54.9 Å². The normalized spacial score (nSPS) is 29.2. The minimum absolute atomic E-state index is 0.185. The molecule has 1 fully saturated rings. The van der Waals surface area contributed by atoms with Gasteiger partial charge in [-0.3, -0.25) is 10.1 Å². The topological polar surface area (TPSA) is 58.6 Å². The fourth-order valence-corrected chi connectivity index (χ4v) is 3.44. The average Bonchev–Trinajstić information content (AvgIpc) is 2.76. The van der Waals surface area contributed by atoms with Gasteiger partial charge >= 0.3 is 5.97 Å². The number of hydrogen-bond acceptors (Lipinski definition) is 3. The van der Waals surface area contributed by atoms with Gasteiger partial charge in [-0.25, -0.2) is 0 Å². The summed E-state index contributed by atoms with van der Waals surface area (Å²) < 4.78 is 5.28. The third-order valence-electron chi connectivity index (χ3n) is 4.39. The first-order valence-corrected chi connectivity index (χ1v) is 6.84. The summed E-state index contributed by atoms with van der Waals surface area (Å²) in [6.45, 7) is 0. The Hall–Kier alpha value is -1.55. The smallest absolute Gasteiger partial charge is 0.320 e. The molecule has 3 atom stereocenters.